The van der Waals surface area contributed by atoms with Gasteiger partial charge >= 0.3 is 31.1 Å². The largest absolute Gasteiger partial charge is 2.00 e. The van der Waals surface area contributed by atoms with E-state index < -0.39 is 0 Å². The molecule has 1 rings (SSSR count). The monoisotopic (exact) mass is 390 g/mol. The number of hydrogen-bond acceptors (Lipinski definition) is 0. The van der Waals surface area contributed by atoms with Crippen LogP contribution < -0.4 is 0 Å². The third-order valence-electron chi connectivity index (χ3n) is 0.671. The molecule has 0 saturated heterocycles. The van der Waals surface area contributed by atoms with Crippen LogP contribution in [0.2, 0.25) is 0 Å². The van der Waals surface area contributed by atoms with Crippen LogP contribution in [0.15, 0.2) is 24.3 Å². The molecule has 0 aliphatic heterocycles. The second-order valence-corrected chi connectivity index (χ2v) is 2.60. The van der Waals surface area contributed by atoms with E-state index in [1.807, 2.05) is 0 Å². The minimum Gasteiger partial charge on any atom is -0.341 e. The van der Waals surface area contributed by atoms with Crippen LogP contribution in [0, 0.1) is 55.8 Å². The van der Waals surface area contributed by atoms with E-state index in [-0.39, 0.29) is 36.9 Å². The average Bonchev–Trinajstić information content (AvgIpc) is 1.87. The molecule has 0 unspecified atom stereocenters. The van der Waals surface area contributed by atoms with Gasteiger partial charge < -0.3 is 6.92 Å². The predicted molar refractivity (Wildman–Crippen MR) is 45.4 cm³/mol. The molecule has 0 nitrogen and oxygen atoms in total. The zero-order chi connectivity index (χ0) is 8.69. The molecule has 0 N–H and O–H groups in total. The molecule has 0 aromatic heterocycles. The third kappa shape index (κ3) is 12.8. The minimum absolute atomic E-state index is 0. The van der Waals surface area contributed by atoms with E-state index in [0.717, 1.165) is 0 Å². The summed E-state index contributed by atoms with van der Waals surface area (Å²) in [5, 5.41) is 0. The first-order chi connectivity index (χ1) is 5.13. The van der Waals surface area contributed by atoms with Gasteiger partial charge in [0.15, 0.2) is 0 Å². The Labute approximate surface area is 97.9 Å². The summed E-state index contributed by atoms with van der Waals surface area (Å²) in [6.07, 6.45) is 0. The van der Waals surface area contributed by atoms with E-state index in [2.05, 4.69) is 26.8 Å². The summed E-state index contributed by atoms with van der Waals surface area (Å²) >= 11 is 0. The molecule has 0 amide bonds. The topological polar surface area (TPSA) is 0 Å². The van der Waals surface area contributed by atoms with Gasteiger partial charge in [0, 0.05) is 5.82 Å². The second-order valence-electron chi connectivity index (χ2n) is 2.60. The first-order valence-electron chi connectivity index (χ1n) is 3.58. The van der Waals surface area contributed by atoms with Crippen LogP contribution in [0.4, 0.5) is 4.39 Å². The van der Waals surface area contributed by atoms with Gasteiger partial charge in [0.2, 0.25) is 0 Å². The number of rotatable bonds is 0. The maximum Gasteiger partial charge on any atom is 2.00 e. The predicted octanol–water partition coefficient (Wildman–Crippen LogP) is 3.10. The zero-order valence-corrected chi connectivity index (χ0v) is 11.6. The van der Waals surface area contributed by atoms with Gasteiger partial charge in [0.1, 0.15) is 0 Å². The van der Waals surface area contributed by atoms with Gasteiger partial charge in [-0.1, -0.05) is 13.8 Å². The Morgan fingerprint density at radius 2 is 1.92 bits per heavy atom. The van der Waals surface area contributed by atoms with Crippen molar-refractivity contribution in [3.8, 4) is 0 Å². The second kappa shape index (κ2) is 9.29. The Balaban J connectivity index is 0. The standard InChI is InChI=1S/C6H4F.C4H9.U/c7-6-4-2-1-3-5-6;1-4(2)3;/h1-4H;4H,1H2,2-3H3;/q2*-1;+2. The number of benzene rings is 1. The molecule has 0 heterocycles. The van der Waals surface area contributed by atoms with Crippen LogP contribution >= 0.6 is 0 Å². The quantitative estimate of drug-likeness (QED) is 0.598. The minimum atomic E-state index is -0.303. The van der Waals surface area contributed by atoms with Gasteiger partial charge in [-0.2, -0.15) is 24.1 Å². The van der Waals surface area contributed by atoms with Crippen molar-refractivity contribution >= 4 is 0 Å². The van der Waals surface area contributed by atoms with Crippen molar-refractivity contribution in [1.29, 1.82) is 0 Å². The Bertz CT molecular complexity index is 170. The Morgan fingerprint density at radius 3 is 2.08 bits per heavy atom. The van der Waals surface area contributed by atoms with Crippen molar-refractivity contribution in [3.63, 3.8) is 0 Å². The smallest absolute Gasteiger partial charge is 0.341 e. The van der Waals surface area contributed by atoms with Crippen LogP contribution in [0.3, 0.4) is 0 Å². The van der Waals surface area contributed by atoms with Gasteiger partial charge in [-0.3, -0.25) is 0 Å². The molecule has 0 spiro atoms. The van der Waals surface area contributed by atoms with Crippen molar-refractivity contribution in [2.24, 2.45) is 5.92 Å². The fraction of sp³-hybridized carbons (Fsp3) is 0.300. The summed E-state index contributed by atoms with van der Waals surface area (Å²) in [4.78, 5) is 0. The van der Waals surface area contributed by atoms with Gasteiger partial charge in [-0.25, -0.2) is 4.39 Å². The summed E-state index contributed by atoms with van der Waals surface area (Å²) in [5.74, 6) is 0.280. The number of halogens is 1. The van der Waals surface area contributed by atoms with Crippen molar-refractivity contribution in [3.05, 3.63) is 43.1 Å². The molecular formula is C10H13FU. The SMILES string of the molecule is Fc1[c-]cccc1.[CH2-]C(C)C.[U+2]. The molecule has 1 aromatic carbocycles. The van der Waals surface area contributed by atoms with E-state index in [4.69, 9.17) is 0 Å². The van der Waals surface area contributed by atoms with E-state index >= 15 is 0 Å². The molecule has 0 radical (unpaired) electrons. The molecule has 0 saturated carbocycles. The third-order valence-corrected chi connectivity index (χ3v) is 0.671. The molecule has 64 valence electrons. The van der Waals surface area contributed by atoms with Gasteiger partial charge in [-0.05, 0) is 0 Å². The van der Waals surface area contributed by atoms with Gasteiger partial charge in [-0.15, -0.1) is 12.1 Å². The van der Waals surface area contributed by atoms with Crippen LogP contribution in [0.5, 0.6) is 0 Å². The van der Waals surface area contributed by atoms with Crippen LogP contribution in [0.25, 0.3) is 0 Å². The summed E-state index contributed by atoms with van der Waals surface area (Å²) in [7, 11) is 0. The summed E-state index contributed by atoms with van der Waals surface area (Å²) in [6.45, 7) is 7.75. The van der Waals surface area contributed by atoms with Crippen LogP contribution in [0.1, 0.15) is 13.8 Å². The fourth-order valence-corrected chi connectivity index (χ4v) is 0.371. The first kappa shape index (κ1) is 14.7. The van der Waals surface area contributed by atoms with E-state index in [1.54, 1.807) is 12.1 Å². The van der Waals surface area contributed by atoms with Crippen molar-refractivity contribution < 1.29 is 35.5 Å². The zero-order valence-electron chi connectivity index (χ0n) is 7.47. The maximum atomic E-state index is 11.9. The summed E-state index contributed by atoms with van der Waals surface area (Å²) in [6, 6.07) is 8.62. The van der Waals surface area contributed by atoms with E-state index in [0.29, 0.717) is 5.92 Å². The Hall–Kier alpha value is 0.202. The molecule has 0 atom stereocenters. The van der Waals surface area contributed by atoms with Gasteiger partial charge in [0.05, 0.1) is 0 Å². The van der Waals surface area contributed by atoms with Crippen LogP contribution in [-0.4, -0.2) is 0 Å². The molecule has 0 aliphatic carbocycles. The normalized spacial score (nSPS) is 8.08. The van der Waals surface area contributed by atoms with E-state index in [9.17, 15) is 4.39 Å². The first-order valence-corrected chi connectivity index (χ1v) is 3.58. The number of hydrogen-bond donors (Lipinski definition) is 0. The average molecular weight is 390 g/mol. The summed E-state index contributed by atoms with van der Waals surface area (Å²) < 4.78 is 11.9. The molecule has 0 bridgehead atoms. The molecule has 2 heteroatoms. The molecule has 0 aliphatic rings. The van der Waals surface area contributed by atoms with Crippen molar-refractivity contribution in [2.75, 3.05) is 0 Å². The Morgan fingerprint density at radius 1 is 1.42 bits per heavy atom. The molecule has 0 fully saturated rings. The molecule has 1 aromatic rings. The Kier molecular flexibility index (Phi) is 11.4. The summed E-state index contributed by atoms with van der Waals surface area (Å²) in [5.41, 5.74) is 0. The maximum absolute atomic E-state index is 11.9. The van der Waals surface area contributed by atoms with Crippen LogP contribution in [-0.2, 0) is 0 Å². The fourth-order valence-electron chi connectivity index (χ4n) is 0.371. The van der Waals surface area contributed by atoms with Crippen molar-refractivity contribution in [2.45, 2.75) is 13.8 Å². The van der Waals surface area contributed by atoms with E-state index in [1.165, 1.54) is 12.1 Å². The molecule has 12 heavy (non-hydrogen) atoms. The van der Waals surface area contributed by atoms with Crippen molar-refractivity contribution in [1.82, 2.24) is 0 Å². The van der Waals surface area contributed by atoms with Gasteiger partial charge in [0.25, 0.3) is 0 Å². The molecular weight excluding hydrogens is 377 g/mol.